The van der Waals surface area contributed by atoms with Crippen molar-refractivity contribution in [1.82, 2.24) is 0 Å². The Labute approximate surface area is 191 Å². The number of benzene rings is 2. The van der Waals surface area contributed by atoms with Gasteiger partial charge >= 0.3 is 6.09 Å². The molecule has 0 saturated heterocycles. The number of Topliss-reactive ketones (excluding diaryl/α,β-unsaturated/α-hetero) is 1. The van der Waals surface area contributed by atoms with Crippen LogP contribution < -0.4 is 10.6 Å². The van der Waals surface area contributed by atoms with Gasteiger partial charge in [-0.25, -0.2) is 4.79 Å². The molecule has 0 aliphatic rings. The number of hydrogen-bond donors (Lipinski definition) is 2. The van der Waals surface area contributed by atoms with Crippen LogP contribution in [0.25, 0.3) is 11.3 Å². The highest BCUT2D eigenvalue weighted by Gasteiger charge is 2.19. The smallest absolute Gasteiger partial charge is 0.412 e. The number of rotatable bonds is 6. The number of hydrogen-bond acceptors (Lipinski definition) is 6. The maximum absolute atomic E-state index is 12.7. The molecule has 168 valence electrons. The molecular formula is C25H23N3O5. The summed E-state index contributed by atoms with van der Waals surface area (Å²) < 4.78 is 10.7. The summed E-state index contributed by atoms with van der Waals surface area (Å²) in [6.07, 6.45) is 0.397. The summed E-state index contributed by atoms with van der Waals surface area (Å²) in [5.74, 6) is -0.446. The van der Waals surface area contributed by atoms with Crippen molar-refractivity contribution in [2.75, 3.05) is 10.6 Å². The van der Waals surface area contributed by atoms with E-state index < -0.39 is 29.8 Å². The van der Waals surface area contributed by atoms with Crippen LogP contribution in [0.1, 0.15) is 43.1 Å². The molecule has 3 aromatic rings. The second-order valence-electron chi connectivity index (χ2n) is 8.21. The Morgan fingerprint density at radius 1 is 1.00 bits per heavy atom. The third kappa shape index (κ3) is 6.55. The molecule has 8 heteroatoms. The number of nitriles is 1. The molecule has 0 unspecified atom stereocenters. The van der Waals surface area contributed by atoms with Gasteiger partial charge in [-0.15, -0.1) is 0 Å². The van der Waals surface area contributed by atoms with E-state index in [1.165, 1.54) is 12.3 Å². The molecule has 3 rings (SSSR count). The van der Waals surface area contributed by atoms with Crippen LogP contribution >= 0.6 is 0 Å². The molecule has 1 aromatic heterocycles. The number of furan rings is 1. The first-order chi connectivity index (χ1) is 15.6. The summed E-state index contributed by atoms with van der Waals surface area (Å²) in [5, 5.41) is 14.3. The lowest BCUT2D eigenvalue weighted by Crippen LogP contribution is -2.27. The molecule has 2 amide bonds. The Hall–Kier alpha value is -4.38. The molecule has 2 N–H and O–H groups in total. The minimum Gasteiger partial charge on any atom is -0.464 e. The van der Waals surface area contributed by atoms with Gasteiger partial charge in [-0.2, -0.15) is 5.26 Å². The Morgan fingerprint density at radius 3 is 2.45 bits per heavy atom. The predicted molar refractivity (Wildman–Crippen MR) is 123 cm³/mol. The number of nitrogens with one attached hydrogen (secondary N) is 2. The van der Waals surface area contributed by atoms with Crippen LogP contribution in [0.4, 0.5) is 16.2 Å². The van der Waals surface area contributed by atoms with Crippen molar-refractivity contribution in [2.24, 2.45) is 0 Å². The summed E-state index contributed by atoms with van der Waals surface area (Å²) in [4.78, 5) is 37.4. The lowest BCUT2D eigenvalue weighted by Gasteiger charge is -2.20. The van der Waals surface area contributed by atoms with Gasteiger partial charge in [0.25, 0.3) is 0 Å². The lowest BCUT2D eigenvalue weighted by molar-refractivity contribution is -0.115. The van der Waals surface area contributed by atoms with E-state index in [9.17, 15) is 14.4 Å². The van der Waals surface area contributed by atoms with Crippen molar-refractivity contribution < 1.29 is 23.5 Å². The van der Waals surface area contributed by atoms with Gasteiger partial charge in [0.1, 0.15) is 11.4 Å². The number of ketones is 1. The topological polar surface area (TPSA) is 121 Å². The second kappa shape index (κ2) is 9.83. The summed E-state index contributed by atoms with van der Waals surface area (Å²) in [7, 11) is 0. The number of amides is 2. The van der Waals surface area contributed by atoms with Crippen LogP contribution in [0.2, 0.25) is 0 Å². The average Bonchev–Trinajstić information content (AvgIpc) is 3.28. The van der Waals surface area contributed by atoms with Gasteiger partial charge in [0.05, 0.1) is 35.7 Å². The third-order valence-electron chi connectivity index (χ3n) is 4.37. The van der Waals surface area contributed by atoms with Gasteiger partial charge in [0.15, 0.2) is 5.78 Å². The Bertz CT molecular complexity index is 1220. The van der Waals surface area contributed by atoms with E-state index >= 15 is 0 Å². The number of anilines is 2. The van der Waals surface area contributed by atoms with Crippen molar-refractivity contribution in [2.45, 2.75) is 32.8 Å². The fourth-order valence-electron chi connectivity index (χ4n) is 2.97. The zero-order valence-corrected chi connectivity index (χ0v) is 18.5. The minimum atomic E-state index is -0.702. The third-order valence-corrected chi connectivity index (χ3v) is 4.37. The molecule has 0 saturated carbocycles. The first-order valence-corrected chi connectivity index (χ1v) is 10.2. The van der Waals surface area contributed by atoms with E-state index in [0.717, 1.165) is 0 Å². The Balaban J connectivity index is 1.81. The normalized spacial score (nSPS) is 10.7. The van der Waals surface area contributed by atoms with E-state index in [4.69, 9.17) is 14.4 Å². The highest BCUT2D eigenvalue weighted by Crippen LogP contribution is 2.30. The summed E-state index contributed by atoms with van der Waals surface area (Å²) in [6, 6.07) is 16.5. The number of nitrogens with zero attached hydrogens (tertiary/aromatic N) is 1. The van der Waals surface area contributed by atoms with Gasteiger partial charge in [-0.05, 0) is 63.2 Å². The molecule has 0 atom stereocenters. The maximum atomic E-state index is 12.7. The molecule has 33 heavy (non-hydrogen) atoms. The van der Waals surface area contributed by atoms with Gasteiger partial charge in [0, 0.05) is 11.1 Å². The minimum absolute atomic E-state index is 0.264. The zero-order chi connectivity index (χ0) is 24.0. The quantitative estimate of drug-likeness (QED) is 0.388. The van der Waals surface area contributed by atoms with Crippen molar-refractivity contribution in [3.8, 4) is 17.4 Å². The van der Waals surface area contributed by atoms with Gasteiger partial charge in [-0.1, -0.05) is 12.1 Å². The van der Waals surface area contributed by atoms with Crippen LogP contribution in [0.5, 0.6) is 0 Å². The van der Waals surface area contributed by atoms with Crippen LogP contribution in [-0.2, 0) is 9.53 Å². The van der Waals surface area contributed by atoms with Gasteiger partial charge in [-0.3, -0.25) is 14.9 Å². The molecule has 0 aliphatic carbocycles. The van der Waals surface area contributed by atoms with Crippen molar-refractivity contribution >= 4 is 29.2 Å². The van der Waals surface area contributed by atoms with E-state index in [1.54, 1.807) is 69.3 Å². The van der Waals surface area contributed by atoms with Gasteiger partial charge in [0.2, 0.25) is 5.91 Å². The summed E-state index contributed by atoms with van der Waals surface area (Å²) in [6.45, 7) is 5.21. The van der Waals surface area contributed by atoms with E-state index in [2.05, 4.69) is 10.6 Å². The molecule has 0 spiro atoms. The van der Waals surface area contributed by atoms with Crippen molar-refractivity contribution in [1.29, 1.82) is 5.26 Å². The van der Waals surface area contributed by atoms with Crippen molar-refractivity contribution in [3.05, 3.63) is 72.0 Å². The monoisotopic (exact) mass is 445 g/mol. The van der Waals surface area contributed by atoms with Crippen LogP contribution in [0, 0.1) is 11.3 Å². The van der Waals surface area contributed by atoms with Crippen LogP contribution in [0.3, 0.4) is 0 Å². The van der Waals surface area contributed by atoms with Gasteiger partial charge < -0.3 is 14.5 Å². The molecule has 2 aromatic carbocycles. The van der Waals surface area contributed by atoms with Crippen molar-refractivity contribution in [3.63, 3.8) is 0 Å². The number of ether oxygens (including phenoxy) is 1. The fraction of sp³-hybridized carbons (Fsp3) is 0.200. The molecule has 0 radical (unpaired) electrons. The number of carbonyl (C=O) groups excluding carboxylic acids is 3. The Morgan fingerprint density at radius 2 is 1.79 bits per heavy atom. The fourth-order valence-corrected chi connectivity index (χ4v) is 2.97. The lowest BCUT2D eigenvalue weighted by atomic mass is 10.1. The number of carbonyl (C=O) groups is 3. The van der Waals surface area contributed by atoms with E-state index in [-0.39, 0.29) is 11.3 Å². The molecule has 8 nitrogen and oxygen atoms in total. The Kier molecular flexibility index (Phi) is 6.94. The molecule has 1 heterocycles. The van der Waals surface area contributed by atoms with E-state index in [0.29, 0.717) is 22.6 Å². The standard InChI is InChI=1S/C25H23N3O5/c1-25(2,3)33-24(31)28-19-10-9-18(22-8-5-11-32-22)13-20(19)27-23(30)14-21(29)17-7-4-6-16(12-17)15-26/h4-13H,14H2,1-3H3,(H,27,30)(H,28,31). The average molecular weight is 445 g/mol. The first kappa shape index (κ1) is 23.3. The molecule has 0 bridgehead atoms. The van der Waals surface area contributed by atoms with Crippen LogP contribution in [-0.4, -0.2) is 23.4 Å². The van der Waals surface area contributed by atoms with E-state index in [1.807, 2.05) is 6.07 Å². The molecular weight excluding hydrogens is 422 g/mol. The maximum Gasteiger partial charge on any atom is 0.412 e. The molecule has 0 aliphatic heterocycles. The summed E-state index contributed by atoms with van der Waals surface area (Å²) in [5.41, 5.74) is 1.13. The highest BCUT2D eigenvalue weighted by atomic mass is 16.6. The molecule has 0 fully saturated rings. The predicted octanol–water partition coefficient (Wildman–Crippen LogP) is 5.38. The highest BCUT2D eigenvalue weighted by molar-refractivity contribution is 6.12. The van der Waals surface area contributed by atoms with Crippen LogP contribution in [0.15, 0.2) is 65.3 Å². The largest absolute Gasteiger partial charge is 0.464 e. The second-order valence-corrected chi connectivity index (χ2v) is 8.21. The summed E-state index contributed by atoms with van der Waals surface area (Å²) >= 11 is 0. The zero-order valence-electron chi connectivity index (χ0n) is 18.5. The first-order valence-electron chi connectivity index (χ1n) is 10.2. The SMILES string of the molecule is CC(C)(C)OC(=O)Nc1ccc(-c2ccco2)cc1NC(=O)CC(=O)c1cccc(C#N)c1.